The number of methoxy groups -OCH3 is 2. The lowest BCUT2D eigenvalue weighted by Crippen LogP contribution is -2.54. The molecule has 0 radical (unpaired) electrons. The van der Waals surface area contributed by atoms with E-state index in [1.54, 1.807) is 13.8 Å². The van der Waals surface area contributed by atoms with E-state index in [0.717, 1.165) is 0 Å². The first-order valence-electron chi connectivity index (χ1n) is 12.8. The fourth-order valence-corrected chi connectivity index (χ4v) is 4.17. The number of nitrogens with one attached hydrogen (secondary N) is 2. The number of hydrogen-bond donors (Lipinski definition) is 4. The van der Waals surface area contributed by atoms with Gasteiger partial charge in [0.25, 0.3) is 0 Å². The molecule has 41 heavy (non-hydrogen) atoms. The maximum Gasteiger partial charge on any atom is 0.336 e. The quantitative estimate of drug-likeness (QED) is 0.242. The van der Waals surface area contributed by atoms with Crippen LogP contribution in [-0.4, -0.2) is 77.6 Å². The third-order valence-electron chi connectivity index (χ3n) is 5.66. The molecule has 0 fully saturated rings. The van der Waals surface area contributed by atoms with Crippen LogP contribution in [0, 0.1) is 5.92 Å². The van der Waals surface area contributed by atoms with Gasteiger partial charge in [0.15, 0.2) is 17.3 Å². The number of aromatic carboxylic acids is 1. The van der Waals surface area contributed by atoms with Gasteiger partial charge >= 0.3 is 11.9 Å². The van der Waals surface area contributed by atoms with Crippen molar-refractivity contribution in [2.75, 3.05) is 25.7 Å². The van der Waals surface area contributed by atoms with Crippen molar-refractivity contribution >= 4 is 41.3 Å². The number of amides is 2. The summed E-state index contributed by atoms with van der Waals surface area (Å²) in [5.74, 6) is -3.59. The number of hydrogen-bond acceptors (Lipinski definition) is 8. The van der Waals surface area contributed by atoms with Crippen molar-refractivity contribution in [1.82, 2.24) is 10.6 Å². The lowest BCUT2D eigenvalue weighted by Gasteiger charge is -2.25. The Morgan fingerprint density at radius 1 is 0.878 bits per heavy atom. The maximum atomic E-state index is 12.9. The monoisotopic (exact) mass is 590 g/mol. The number of thioether (sulfide) groups is 1. The van der Waals surface area contributed by atoms with E-state index in [-0.39, 0.29) is 34.8 Å². The van der Waals surface area contributed by atoms with Crippen LogP contribution in [0.5, 0.6) is 11.5 Å². The summed E-state index contributed by atoms with van der Waals surface area (Å²) >= 11 is 1.30. The molecule has 2 aromatic carbocycles. The molecule has 0 saturated heterocycles. The lowest BCUT2D eigenvalue weighted by atomic mass is 10.00. The SMILES string of the molecule is CCSCC(=O)C(CC(=O)O)NC(=O)[C@@H](NC(=O)Cc1cc(OC)c(OC)cc1C(=O)O)C(C)C.c1ccccc1. The van der Waals surface area contributed by atoms with Gasteiger partial charge < -0.3 is 30.3 Å². The average Bonchev–Trinajstić information content (AvgIpc) is 2.94. The minimum absolute atomic E-state index is 0.0463. The Labute approximate surface area is 244 Å². The van der Waals surface area contributed by atoms with E-state index < -0.39 is 54.0 Å². The third kappa shape index (κ3) is 12.3. The second kappa shape index (κ2) is 18.3. The molecule has 2 amide bonds. The van der Waals surface area contributed by atoms with Crippen molar-refractivity contribution in [3.05, 3.63) is 59.7 Å². The van der Waals surface area contributed by atoms with Gasteiger partial charge in [0.1, 0.15) is 6.04 Å². The van der Waals surface area contributed by atoms with Crippen LogP contribution in [0.1, 0.15) is 43.1 Å². The van der Waals surface area contributed by atoms with E-state index in [0.29, 0.717) is 5.75 Å². The fraction of sp³-hybridized carbons (Fsp3) is 0.414. The Morgan fingerprint density at radius 3 is 1.85 bits per heavy atom. The molecule has 0 aliphatic heterocycles. The highest BCUT2D eigenvalue weighted by Crippen LogP contribution is 2.31. The molecule has 2 rings (SSSR count). The summed E-state index contributed by atoms with van der Waals surface area (Å²) in [5.41, 5.74) is -0.0185. The van der Waals surface area contributed by atoms with Crippen LogP contribution >= 0.6 is 11.8 Å². The molecule has 2 atom stereocenters. The molecule has 2 aromatic rings. The van der Waals surface area contributed by atoms with E-state index in [9.17, 15) is 29.1 Å². The van der Waals surface area contributed by atoms with Crippen LogP contribution in [0.2, 0.25) is 0 Å². The van der Waals surface area contributed by atoms with Crippen LogP contribution in [0.15, 0.2) is 48.5 Å². The first-order chi connectivity index (χ1) is 19.4. The predicted octanol–water partition coefficient (Wildman–Crippen LogP) is 3.05. The topological polar surface area (TPSA) is 168 Å². The molecule has 0 bridgehead atoms. The molecule has 224 valence electrons. The zero-order valence-corrected chi connectivity index (χ0v) is 24.7. The minimum Gasteiger partial charge on any atom is -0.493 e. The highest BCUT2D eigenvalue weighted by molar-refractivity contribution is 7.99. The van der Waals surface area contributed by atoms with Crippen LogP contribution in [0.25, 0.3) is 0 Å². The molecule has 11 nitrogen and oxygen atoms in total. The summed E-state index contributed by atoms with van der Waals surface area (Å²) in [6.07, 6.45) is -0.954. The molecule has 0 aliphatic rings. The minimum atomic E-state index is -1.27. The fourth-order valence-electron chi connectivity index (χ4n) is 3.57. The maximum absolute atomic E-state index is 12.9. The predicted molar refractivity (Wildman–Crippen MR) is 156 cm³/mol. The molecule has 12 heteroatoms. The number of rotatable bonds is 15. The number of Topliss-reactive ketones (excluding diaryl/α,β-unsaturated/α-hetero) is 1. The first-order valence-corrected chi connectivity index (χ1v) is 14.0. The number of carboxylic acids is 2. The first kappa shape index (κ1) is 35.0. The Balaban J connectivity index is 0.00000123. The van der Waals surface area contributed by atoms with Crippen molar-refractivity contribution in [1.29, 1.82) is 0 Å². The smallest absolute Gasteiger partial charge is 0.336 e. The zero-order valence-electron chi connectivity index (χ0n) is 23.8. The molecule has 0 aromatic heterocycles. The van der Waals surface area contributed by atoms with Gasteiger partial charge in [-0.1, -0.05) is 57.2 Å². The van der Waals surface area contributed by atoms with Crippen LogP contribution in [0.3, 0.4) is 0 Å². The molecular weight excluding hydrogens is 552 g/mol. The van der Waals surface area contributed by atoms with Gasteiger partial charge in [0.05, 0.1) is 44.4 Å². The third-order valence-corrected chi connectivity index (χ3v) is 6.55. The van der Waals surface area contributed by atoms with E-state index in [4.69, 9.17) is 14.6 Å². The Morgan fingerprint density at radius 2 is 1.41 bits per heavy atom. The number of aliphatic carboxylic acids is 1. The summed E-state index contributed by atoms with van der Waals surface area (Å²) in [5, 5.41) is 23.7. The number of carbonyl (C=O) groups is 5. The molecule has 0 heterocycles. The van der Waals surface area contributed by atoms with Gasteiger partial charge in [-0.05, 0) is 29.4 Å². The molecule has 0 saturated carbocycles. The van der Waals surface area contributed by atoms with Gasteiger partial charge in [0.2, 0.25) is 11.8 Å². The molecule has 1 unspecified atom stereocenters. The van der Waals surface area contributed by atoms with E-state index in [1.807, 2.05) is 43.3 Å². The average molecular weight is 591 g/mol. The lowest BCUT2D eigenvalue weighted by molar-refractivity contribution is -0.140. The number of carbonyl (C=O) groups excluding carboxylic acids is 3. The Bertz CT molecular complexity index is 1150. The van der Waals surface area contributed by atoms with E-state index in [2.05, 4.69) is 10.6 Å². The van der Waals surface area contributed by atoms with Crippen molar-refractivity contribution in [3.8, 4) is 11.5 Å². The van der Waals surface area contributed by atoms with Gasteiger partial charge in [-0.25, -0.2) is 4.79 Å². The summed E-state index contributed by atoms with van der Waals surface area (Å²) < 4.78 is 10.3. The Hall–Kier alpha value is -4.06. The van der Waals surface area contributed by atoms with Crippen LogP contribution in [0.4, 0.5) is 0 Å². The number of ether oxygens (including phenoxy) is 2. The summed E-state index contributed by atoms with van der Waals surface area (Å²) in [7, 11) is 2.72. The summed E-state index contributed by atoms with van der Waals surface area (Å²) in [4.78, 5) is 60.9. The van der Waals surface area contributed by atoms with Gasteiger partial charge in [-0.15, -0.1) is 0 Å². The highest BCUT2D eigenvalue weighted by Gasteiger charge is 2.30. The normalized spacial score (nSPS) is 11.8. The molecular formula is C29H38N2O9S. The summed E-state index contributed by atoms with van der Waals surface area (Å²) in [6, 6.07) is 12.3. The van der Waals surface area contributed by atoms with Crippen molar-refractivity contribution in [2.24, 2.45) is 5.92 Å². The molecule has 0 spiro atoms. The van der Waals surface area contributed by atoms with Crippen LogP contribution in [-0.2, 0) is 25.6 Å². The highest BCUT2D eigenvalue weighted by atomic mass is 32.2. The van der Waals surface area contributed by atoms with Gasteiger partial charge in [-0.3, -0.25) is 19.2 Å². The number of benzene rings is 2. The van der Waals surface area contributed by atoms with E-state index in [1.165, 1.54) is 38.1 Å². The van der Waals surface area contributed by atoms with Crippen LogP contribution < -0.4 is 20.1 Å². The van der Waals surface area contributed by atoms with Crippen molar-refractivity contribution < 1.29 is 43.7 Å². The van der Waals surface area contributed by atoms with Gasteiger partial charge in [0, 0.05) is 0 Å². The largest absolute Gasteiger partial charge is 0.493 e. The number of ketones is 1. The summed E-state index contributed by atoms with van der Waals surface area (Å²) in [6.45, 7) is 5.19. The van der Waals surface area contributed by atoms with E-state index >= 15 is 0 Å². The Kier molecular flexibility index (Phi) is 15.6. The van der Waals surface area contributed by atoms with Gasteiger partial charge in [-0.2, -0.15) is 11.8 Å². The molecule has 4 N–H and O–H groups in total. The number of carboxylic acid groups (broad SMARTS) is 2. The van der Waals surface area contributed by atoms with Crippen molar-refractivity contribution in [3.63, 3.8) is 0 Å². The second-order valence-corrected chi connectivity index (χ2v) is 10.3. The second-order valence-electron chi connectivity index (χ2n) is 9.05. The zero-order chi connectivity index (χ0) is 30.9. The van der Waals surface area contributed by atoms with Crippen molar-refractivity contribution in [2.45, 2.75) is 45.7 Å². The standard InChI is InChI=1S/C23H32N2O9S.C6H6/c1-6-35-11-16(26)15(10-20(28)29)24-22(30)21(12(2)3)25-19(27)8-13-7-17(33-4)18(34-5)9-14(13)23(31)32;1-2-4-6-5-3-1/h7,9,12,15,21H,6,8,10-11H2,1-5H3,(H,24,30)(H,25,27)(H,28,29)(H,31,32);1-6H/t15?,21-;/m0./s1. The molecule has 0 aliphatic carbocycles.